The maximum atomic E-state index is 12.8. The summed E-state index contributed by atoms with van der Waals surface area (Å²) in [6.45, 7) is 5.01. The summed E-state index contributed by atoms with van der Waals surface area (Å²) in [7, 11) is -3.54. The van der Waals surface area contributed by atoms with Crippen LogP contribution in [0.3, 0.4) is 0 Å². The van der Waals surface area contributed by atoms with Crippen LogP contribution in [0.15, 0.2) is 39.8 Å². The zero-order valence-electron chi connectivity index (χ0n) is 15.0. The van der Waals surface area contributed by atoms with Crippen LogP contribution >= 0.6 is 0 Å². The van der Waals surface area contributed by atoms with E-state index in [1.54, 1.807) is 30.0 Å². The molecule has 0 saturated carbocycles. The maximum Gasteiger partial charge on any atom is 0.292 e. The van der Waals surface area contributed by atoms with Gasteiger partial charge in [0.2, 0.25) is 15.8 Å². The van der Waals surface area contributed by atoms with Crippen LogP contribution in [0.25, 0.3) is 0 Å². The van der Waals surface area contributed by atoms with Crippen LogP contribution in [-0.2, 0) is 16.4 Å². The van der Waals surface area contributed by atoms with E-state index in [0.29, 0.717) is 23.7 Å². The average Bonchev–Trinajstić information content (AvgIpc) is 3.08. The average molecular weight is 377 g/mol. The van der Waals surface area contributed by atoms with E-state index >= 15 is 0 Å². The third-order valence-corrected chi connectivity index (χ3v) is 6.38. The number of amides is 1. The Morgan fingerprint density at radius 3 is 2.35 bits per heavy atom. The highest BCUT2D eigenvalue weighted by molar-refractivity contribution is 7.89. The molecule has 1 amide bonds. The molecule has 1 saturated heterocycles. The molecule has 0 atom stereocenters. The largest absolute Gasteiger partial charge is 0.351 e. The molecule has 0 aliphatic carbocycles. The van der Waals surface area contributed by atoms with Crippen molar-refractivity contribution in [2.24, 2.45) is 0 Å². The van der Waals surface area contributed by atoms with E-state index in [1.807, 2.05) is 12.1 Å². The number of aryl methyl sites for hydroxylation is 2. The summed E-state index contributed by atoms with van der Waals surface area (Å²) in [5.74, 6) is -0.0723. The zero-order chi connectivity index (χ0) is 18.7. The van der Waals surface area contributed by atoms with E-state index in [9.17, 15) is 13.2 Å². The second kappa shape index (κ2) is 7.59. The first-order chi connectivity index (χ1) is 12.4. The lowest BCUT2D eigenvalue weighted by atomic mass is 10.1. The Morgan fingerprint density at radius 2 is 1.81 bits per heavy atom. The van der Waals surface area contributed by atoms with Gasteiger partial charge in [0.05, 0.1) is 10.6 Å². The van der Waals surface area contributed by atoms with Crippen molar-refractivity contribution >= 4 is 15.9 Å². The minimum atomic E-state index is -3.54. The minimum Gasteiger partial charge on any atom is -0.351 e. The van der Waals surface area contributed by atoms with Crippen molar-refractivity contribution in [2.45, 2.75) is 31.6 Å². The molecule has 1 aromatic heterocycles. The first kappa shape index (κ1) is 18.6. The molecule has 0 radical (unpaired) electrons. The second-order valence-electron chi connectivity index (χ2n) is 6.42. The molecular weight excluding hydrogens is 354 g/mol. The van der Waals surface area contributed by atoms with Crippen molar-refractivity contribution in [3.8, 4) is 0 Å². The summed E-state index contributed by atoms with van der Waals surface area (Å²) < 4.78 is 32.0. The third-order valence-electron chi connectivity index (χ3n) is 4.46. The normalized spacial score (nSPS) is 16.0. The fourth-order valence-electron chi connectivity index (χ4n) is 3.02. The Morgan fingerprint density at radius 1 is 1.15 bits per heavy atom. The quantitative estimate of drug-likeness (QED) is 0.797. The first-order valence-electron chi connectivity index (χ1n) is 8.73. The van der Waals surface area contributed by atoms with Gasteiger partial charge < -0.3 is 9.42 Å². The lowest BCUT2D eigenvalue weighted by Gasteiger charge is -2.33. The number of nitrogens with zero attached hydrogens (tertiary/aromatic N) is 3. The summed E-state index contributed by atoms with van der Waals surface area (Å²) in [5, 5.41) is 3.72. The lowest BCUT2D eigenvalue weighted by molar-refractivity contribution is 0.0656. The van der Waals surface area contributed by atoms with E-state index in [1.165, 1.54) is 4.31 Å². The highest BCUT2D eigenvalue weighted by Crippen LogP contribution is 2.19. The predicted octanol–water partition coefficient (Wildman–Crippen LogP) is 2.08. The van der Waals surface area contributed by atoms with Gasteiger partial charge in [-0.05, 0) is 31.0 Å². The zero-order valence-corrected chi connectivity index (χ0v) is 15.8. The van der Waals surface area contributed by atoms with Gasteiger partial charge in [-0.25, -0.2) is 8.42 Å². The molecule has 0 unspecified atom stereocenters. The molecule has 140 valence electrons. The summed E-state index contributed by atoms with van der Waals surface area (Å²) in [4.78, 5) is 14.3. The van der Waals surface area contributed by atoms with E-state index < -0.39 is 10.0 Å². The summed E-state index contributed by atoms with van der Waals surface area (Å²) >= 11 is 0. The molecule has 2 aromatic rings. The molecule has 0 N–H and O–H groups in total. The molecule has 1 aliphatic rings. The van der Waals surface area contributed by atoms with Crippen molar-refractivity contribution in [1.29, 1.82) is 0 Å². The van der Waals surface area contributed by atoms with Gasteiger partial charge in [-0.3, -0.25) is 4.79 Å². The van der Waals surface area contributed by atoms with Crippen LogP contribution in [-0.4, -0.2) is 54.9 Å². The van der Waals surface area contributed by atoms with E-state index in [4.69, 9.17) is 4.52 Å². The number of rotatable bonds is 5. The molecular formula is C18H23N3O4S. The SMILES string of the molecule is CCCc1ccc(S(=O)(=O)N2CCN(C(=O)c3cc(C)no3)CC2)cc1. The molecule has 8 heteroatoms. The Bertz CT molecular complexity index is 866. The Hall–Kier alpha value is -2.19. The Labute approximate surface area is 153 Å². The number of hydrogen-bond acceptors (Lipinski definition) is 5. The van der Waals surface area contributed by atoms with Crippen LogP contribution in [0.2, 0.25) is 0 Å². The highest BCUT2D eigenvalue weighted by Gasteiger charge is 2.31. The molecule has 0 spiro atoms. The fraction of sp³-hybridized carbons (Fsp3) is 0.444. The van der Waals surface area contributed by atoms with E-state index in [2.05, 4.69) is 12.1 Å². The van der Waals surface area contributed by atoms with Crippen LogP contribution in [0.1, 0.15) is 35.2 Å². The van der Waals surface area contributed by atoms with Crippen LogP contribution < -0.4 is 0 Å². The topological polar surface area (TPSA) is 83.7 Å². The maximum absolute atomic E-state index is 12.8. The molecule has 1 aliphatic heterocycles. The number of benzene rings is 1. The number of carbonyl (C=O) groups excluding carboxylic acids is 1. The van der Waals surface area contributed by atoms with Gasteiger partial charge in [0, 0.05) is 32.2 Å². The third kappa shape index (κ3) is 3.81. The summed E-state index contributed by atoms with van der Waals surface area (Å²) in [5.41, 5.74) is 1.77. The minimum absolute atomic E-state index is 0.185. The van der Waals surface area contributed by atoms with Crippen LogP contribution in [0, 0.1) is 6.92 Å². The summed E-state index contributed by atoms with van der Waals surface area (Å²) in [6, 6.07) is 8.64. The number of carbonyl (C=O) groups is 1. The monoisotopic (exact) mass is 377 g/mol. The van der Waals surface area contributed by atoms with Crippen LogP contribution in [0.4, 0.5) is 0 Å². The Kier molecular flexibility index (Phi) is 5.43. The van der Waals surface area contributed by atoms with Gasteiger partial charge in [-0.2, -0.15) is 4.31 Å². The second-order valence-corrected chi connectivity index (χ2v) is 8.36. The molecule has 1 aromatic carbocycles. The number of hydrogen-bond donors (Lipinski definition) is 0. The van der Waals surface area contributed by atoms with Gasteiger partial charge in [-0.1, -0.05) is 30.6 Å². The molecule has 0 bridgehead atoms. The van der Waals surface area contributed by atoms with E-state index in [0.717, 1.165) is 18.4 Å². The lowest BCUT2D eigenvalue weighted by Crippen LogP contribution is -2.50. The van der Waals surface area contributed by atoms with Crippen molar-refractivity contribution < 1.29 is 17.7 Å². The number of sulfonamides is 1. The van der Waals surface area contributed by atoms with E-state index in [-0.39, 0.29) is 24.8 Å². The fourth-order valence-corrected chi connectivity index (χ4v) is 4.44. The van der Waals surface area contributed by atoms with Gasteiger partial charge >= 0.3 is 0 Å². The smallest absolute Gasteiger partial charge is 0.292 e. The van der Waals surface area contributed by atoms with Crippen molar-refractivity contribution in [3.05, 3.63) is 47.3 Å². The number of aromatic nitrogens is 1. The van der Waals surface area contributed by atoms with Crippen molar-refractivity contribution in [1.82, 2.24) is 14.4 Å². The van der Waals surface area contributed by atoms with Crippen molar-refractivity contribution in [3.63, 3.8) is 0 Å². The standard InChI is InChI=1S/C18H23N3O4S/c1-3-4-15-5-7-16(8-6-15)26(23,24)21-11-9-20(10-12-21)18(22)17-13-14(2)19-25-17/h5-8,13H,3-4,9-12H2,1-2H3. The predicted molar refractivity (Wildman–Crippen MR) is 96.3 cm³/mol. The molecule has 7 nitrogen and oxygen atoms in total. The van der Waals surface area contributed by atoms with Crippen LogP contribution in [0.5, 0.6) is 0 Å². The molecule has 2 heterocycles. The highest BCUT2D eigenvalue weighted by atomic mass is 32.2. The molecule has 26 heavy (non-hydrogen) atoms. The molecule has 1 fully saturated rings. The van der Waals surface area contributed by atoms with Gasteiger partial charge in [0.1, 0.15) is 0 Å². The van der Waals surface area contributed by atoms with Gasteiger partial charge in [0.15, 0.2) is 0 Å². The summed E-state index contributed by atoms with van der Waals surface area (Å²) in [6.07, 6.45) is 1.95. The first-order valence-corrected chi connectivity index (χ1v) is 10.2. The molecule has 3 rings (SSSR count). The van der Waals surface area contributed by atoms with Crippen molar-refractivity contribution in [2.75, 3.05) is 26.2 Å². The van der Waals surface area contributed by atoms with Gasteiger partial charge in [-0.15, -0.1) is 0 Å². The Balaban J connectivity index is 1.65. The number of piperazine rings is 1. The van der Waals surface area contributed by atoms with Gasteiger partial charge in [0.25, 0.3) is 5.91 Å².